The minimum atomic E-state index is -0.454. The molecule has 4 nitrogen and oxygen atoms in total. The highest BCUT2D eigenvalue weighted by Crippen LogP contribution is 2.19. The lowest BCUT2D eigenvalue weighted by molar-refractivity contribution is -0.134. The Labute approximate surface area is 121 Å². The first-order chi connectivity index (χ1) is 9.58. The molecule has 0 spiro atoms. The normalized spacial score (nSPS) is 22.4. The molecule has 0 radical (unpaired) electrons. The molecule has 2 rings (SSSR count). The van der Waals surface area contributed by atoms with Crippen molar-refractivity contribution in [3.63, 3.8) is 0 Å². The van der Waals surface area contributed by atoms with Gasteiger partial charge in [0.2, 0.25) is 5.91 Å². The van der Waals surface area contributed by atoms with Crippen LogP contribution in [0.15, 0.2) is 30.3 Å². The first kappa shape index (κ1) is 15.0. The summed E-state index contributed by atoms with van der Waals surface area (Å²) in [6.45, 7) is 3.58. The molecule has 1 aromatic rings. The fourth-order valence-corrected chi connectivity index (χ4v) is 2.83. The van der Waals surface area contributed by atoms with Gasteiger partial charge in [0.05, 0.1) is 6.04 Å². The number of piperidine rings is 1. The third-order valence-corrected chi connectivity index (χ3v) is 4.13. The van der Waals surface area contributed by atoms with E-state index in [4.69, 9.17) is 11.5 Å². The van der Waals surface area contributed by atoms with Gasteiger partial charge in [-0.15, -0.1) is 0 Å². The first-order valence-corrected chi connectivity index (χ1v) is 7.42. The van der Waals surface area contributed by atoms with Gasteiger partial charge in [-0.2, -0.15) is 0 Å². The predicted molar refractivity (Wildman–Crippen MR) is 81.1 cm³/mol. The molecular weight excluding hydrogens is 250 g/mol. The quantitative estimate of drug-likeness (QED) is 0.865. The van der Waals surface area contributed by atoms with Crippen LogP contribution in [0.25, 0.3) is 0 Å². The van der Waals surface area contributed by atoms with Gasteiger partial charge in [-0.3, -0.25) is 4.79 Å². The van der Waals surface area contributed by atoms with Crippen molar-refractivity contribution in [3.05, 3.63) is 35.9 Å². The summed E-state index contributed by atoms with van der Waals surface area (Å²) in [6.07, 6.45) is 2.73. The molecule has 1 aliphatic heterocycles. The van der Waals surface area contributed by atoms with E-state index in [0.717, 1.165) is 31.5 Å². The molecule has 1 heterocycles. The van der Waals surface area contributed by atoms with Crippen LogP contribution in [-0.4, -0.2) is 36.0 Å². The average molecular weight is 275 g/mol. The number of hydrogen-bond acceptors (Lipinski definition) is 3. The highest BCUT2D eigenvalue weighted by Gasteiger charge is 2.28. The van der Waals surface area contributed by atoms with E-state index in [-0.39, 0.29) is 11.9 Å². The molecule has 1 aromatic carbocycles. The van der Waals surface area contributed by atoms with Gasteiger partial charge in [-0.1, -0.05) is 30.3 Å². The number of likely N-dealkylation sites (tertiary alicyclic amines) is 1. The number of benzene rings is 1. The van der Waals surface area contributed by atoms with Gasteiger partial charge >= 0.3 is 0 Å². The van der Waals surface area contributed by atoms with Crippen LogP contribution in [0, 0.1) is 5.92 Å². The molecule has 0 unspecified atom stereocenters. The molecule has 0 saturated carbocycles. The van der Waals surface area contributed by atoms with E-state index < -0.39 is 6.04 Å². The van der Waals surface area contributed by atoms with Crippen LogP contribution in [0.1, 0.15) is 25.3 Å². The highest BCUT2D eigenvalue weighted by molar-refractivity contribution is 5.82. The zero-order valence-corrected chi connectivity index (χ0v) is 12.2. The van der Waals surface area contributed by atoms with Crippen LogP contribution in [0.3, 0.4) is 0 Å². The van der Waals surface area contributed by atoms with Gasteiger partial charge in [-0.05, 0) is 37.7 Å². The van der Waals surface area contributed by atoms with Crippen molar-refractivity contribution in [2.45, 2.75) is 38.3 Å². The lowest BCUT2D eigenvalue weighted by atomic mass is 9.91. The fraction of sp³-hybridized carbons (Fsp3) is 0.562. The van der Waals surface area contributed by atoms with Crippen molar-refractivity contribution in [2.24, 2.45) is 17.4 Å². The number of hydrogen-bond donors (Lipinski definition) is 2. The summed E-state index contributed by atoms with van der Waals surface area (Å²) in [4.78, 5) is 14.3. The Morgan fingerprint density at radius 2 is 2.05 bits per heavy atom. The fourth-order valence-electron chi connectivity index (χ4n) is 2.83. The smallest absolute Gasteiger partial charge is 0.239 e. The molecule has 0 aliphatic carbocycles. The van der Waals surface area contributed by atoms with E-state index >= 15 is 0 Å². The van der Waals surface area contributed by atoms with Gasteiger partial charge in [0.1, 0.15) is 0 Å². The first-order valence-electron chi connectivity index (χ1n) is 7.42. The van der Waals surface area contributed by atoms with Crippen LogP contribution < -0.4 is 11.5 Å². The van der Waals surface area contributed by atoms with Crippen LogP contribution in [0.2, 0.25) is 0 Å². The molecule has 1 fully saturated rings. The maximum atomic E-state index is 12.4. The van der Waals surface area contributed by atoms with Crippen molar-refractivity contribution in [1.82, 2.24) is 4.90 Å². The molecule has 110 valence electrons. The van der Waals surface area contributed by atoms with Gasteiger partial charge in [0, 0.05) is 19.1 Å². The molecule has 20 heavy (non-hydrogen) atoms. The van der Waals surface area contributed by atoms with E-state index in [0.29, 0.717) is 12.3 Å². The number of nitrogens with two attached hydrogens (primary N) is 2. The lowest BCUT2D eigenvalue weighted by Crippen LogP contribution is -2.51. The number of amides is 1. The van der Waals surface area contributed by atoms with Crippen LogP contribution in [0.5, 0.6) is 0 Å². The third-order valence-electron chi connectivity index (χ3n) is 4.13. The summed E-state index contributed by atoms with van der Waals surface area (Å²) in [6, 6.07) is 9.61. The molecule has 1 saturated heterocycles. The molecule has 4 heteroatoms. The molecular formula is C16H25N3O. The Bertz CT molecular complexity index is 433. The maximum absolute atomic E-state index is 12.4. The summed E-state index contributed by atoms with van der Waals surface area (Å²) < 4.78 is 0. The summed E-state index contributed by atoms with van der Waals surface area (Å²) in [5.41, 5.74) is 13.1. The van der Waals surface area contributed by atoms with Crippen molar-refractivity contribution in [2.75, 3.05) is 13.1 Å². The topological polar surface area (TPSA) is 72.3 Å². The van der Waals surface area contributed by atoms with E-state index in [1.54, 1.807) is 0 Å². The van der Waals surface area contributed by atoms with Gasteiger partial charge < -0.3 is 16.4 Å². The maximum Gasteiger partial charge on any atom is 0.239 e. The molecule has 3 atom stereocenters. The standard InChI is InChI=1S/C16H25N3O/c1-12(17)14-8-5-9-19(11-14)16(20)15(18)10-13-6-3-2-4-7-13/h2-4,6-7,12,14-15H,5,8-11,17-18H2,1H3/t12-,14+,15+/m0/s1. The van der Waals surface area contributed by atoms with Crippen LogP contribution in [0.4, 0.5) is 0 Å². The second kappa shape index (κ2) is 6.86. The Hall–Kier alpha value is -1.39. The van der Waals surface area contributed by atoms with E-state index in [1.165, 1.54) is 0 Å². The molecule has 0 bridgehead atoms. The monoisotopic (exact) mass is 275 g/mol. The number of carbonyl (C=O) groups excluding carboxylic acids is 1. The van der Waals surface area contributed by atoms with Crippen molar-refractivity contribution in [3.8, 4) is 0 Å². The summed E-state index contributed by atoms with van der Waals surface area (Å²) in [5, 5.41) is 0. The Morgan fingerprint density at radius 1 is 1.35 bits per heavy atom. The van der Waals surface area contributed by atoms with Gasteiger partial charge in [0.15, 0.2) is 0 Å². The lowest BCUT2D eigenvalue weighted by Gasteiger charge is -2.36. The second-order valence-electron chi connectivity index (χ2n) is 5.84. The Morgan fingerprint density at radius 3 is 2.70 bits per heavy atom. The van der Waals surface area contributed by atoms with Crippen molar-refractivity contribution < 1.29 is 4.79 Å². The molecule has 1 amide bonds. The van der Waals surface area contributed by atoms with Crippen molar-refractivity contribution in [1.29, 1.82) is 0 Å². The van der Waals surface area contributed by atoms with Crippen molar-refractivity contribution >= 4 is 5.91 Å². The number of carbonyl (C=O) groups is 1. The number of nitrogens with zero attached hydrogens (tertiary/aromatic N) is 1. The Balaban J connectivity index is 1.93. The minimum Gasteiger partial charge on any atom is -0.341 e. The van der Waals surface area contributed by atoms with Crippen LogP contribution >= 0.6 is 0 Å². The SMILES string of the molecule is C[C@H](N)[C@@H]1CCCN(C(=O)[C@H](N)Cc2ccccc2)C1. The summed E-state index contributed by atoms with van der Waals surface area (Å²) in [7, 11) is 0. The van der Waals surface area contributed by atoms with E-state index in [1.807, 2.05) is 42.2 Å². The zero-order valence-electron chi connectivity index (χ0n) is 12.2. The van der Waals surface area contributed by atoms with Crippen LogP contribution in [-0.2, 0) is 11.2 Å². The third kappa shape index (κ3) is 3.81. The highest BCUT2D eigenvalue weighted by atomic mass is 16.2. The molecule has 0 aromatic heterocycles. The predicted octanol–water partition coefficient (Wildman–Crippen LogP) is 1.14. The Kier molecular flexibility index (Phi) is 5.15. The summed E-state index contributed by atoms with van der Waals surface area (Å²) >= 11 is 0. The molecule has 1 aliphatic rings. The number of rotatable bonds is 4. The zero-order chi connectivity index (χ0) is 14.5. The van der Waals surface area contributed by atoms with Gasteiger partial charge in [-0.25, -0.2) is 0 Å². The van der Waals surface area contributed by atoms with Gasteiger partial charge in [0.25, 0.3) is 0 Å². The van der Waals surface area contributed by atoms with E-state index in [2.05, 4.69) is 0 Å². The second-order valence-corrected chi connectivity index (χ2v) is 5.84. The molecule has 4 N–H and O–H groups in total. The minimum absolute atomic E-state index is 0.0548. The van der Waals surface area contributed by atoms with E-state index in [9.17, 15) is 4.79 Å². The average Bonchev–Trinajstić information content (AvgIpc) is 2.47. The largest absolute Gasteiger partial charge is 0.341 e. The summed E-state index contributed by atoms with van der Waals surface area (Å²) in [5.74, 6) is 0.454.